The third kappa shape index (κ3) is 1.54. The highest BCUT2D eigenvalue weighted by molar-refractivity contribution is 5.98. The first-order chi connectivity index (χ1) is 9.43. The number of aromatic nitrogens is 2. The maximum Gasteiger partial charge on any atom is 0.0801 e. The first-order valence-corrected chi connectivity index (χ1v) is 6.33. The van der Waals surface area contributed by atoms with E-state index in [-0.39, 0.29) is 0 Å². The minimum absolute atomic E-state index is 1.04. The van der Waals surface area contributed by atoms with Crippen LogP contribution in [-0.4, -0.2) is 9.38 Å². The Kier molecular flexibility index (Phi) is 2.15. The number of pyridine rings is 2. The molecule has 0 N–H and O–H groups in total. The van der Waals surface area contributed by atoms with E-state index in [4.69, 9.17) is 0 Å². The van der Waals surface area contributed by atoms with E-state index in [0.717, 1.165) is 5.69 Å². The average molecular weight is 244 g/mol. The third-order valence-corrected chi connectivity index (χ3v) is 3.49. The lowest BCUT2D eigenvalue weighted by Crippen LogP contribution is -1.89. The lowest BCUT2D eigenvalue weighted by molar-refractivity contribution is 1.20. The minimum Gasteiger partial charge on any atom is -0.323 e. The van der Waals surface area contributed by atoms with Gasteiger partial charge in [-0.25, -0.2) is 0 Å². The summed E-state index contributed by atoms with van der Waals surface area (Å²) in [5.41, 5.74) is 3.40. The molecule has 19 heavy (non-hydrogen) atoms. The molecule has 1 aromatic carbocycles. The van der Waals surface area contributed by atoms with Crippen molar-refractivity contribution in [3.63, 3.8) is 0 Å². The predicted molar refractivity (Wildman–Crippen MR) is 78.1 cm³/mol. The van der Waals surface area contributed by atoms with Crippen LogP contribution in [0.1, 0.15) is 0 Å². The van der Waals surface area contributed by atoms with E-state index in [2.05, 4.69) is 76.4 Å². The number of benzene rings is 1. The quantitative estimate of drug-likeness (QED) is 0.491. The van der Waals surface area contributed by atoms with Gasteiger partial charge in [-0.1, -0.05) is 24.3 Å². The van der Waals surface area contributed by atoms with Crippen molar-refractivity contribution in [2.75, 3.05) is 0 Å². The Balaban J connectivity index is 2.12. The zero-order chi connectivity index (χ0) is 12.7. The van der Waals surface area contributed by atoms with Crippen LogP contribution >= 0.6 is 0 Å². The molecule has 0 radical (unpaired) electrons. The second-order valence-electron chi connectivity index (χ2n) is 4.60. The van der Waals surface area contributed by atoms with E-state index in [0.29, 0.717) is 0 Å². The van der Waals surface area contributed by atoms with Crippen LogP contribution in [0.4, 0.5) is 0 Å². The molecule has 2 nitrogen and oxygen atoms in total. The molecular formula is C17H12N2. The molecule has 0 unspecified atom stereocenters. The Morgan fingerprint density at radius 2 is 1.63 bits per heavy atom. The number of hydrogen-bond donors (Lipinski definition) is 0. The minimum atomic E-state index is 1.04. The molecular weight excluding hydrogens is 232 g/mol. The lowest BCUT2D eigenvalue weighted by atomic mass is 10.0. The molecule has 0 atom stereocenters. The van der Waals surface area contributed by atoms with Crippen molar-refractivity contribution in [2.24, 2.45) is 0 Å². The van der Waals surface area contributed by atoms with Gasteiger partial charge in [0.25, 0.3) is 0 Å². The summed E-state index contributed by atoms with van der Waals surface area (Å²) < 4.78 is 2.12. The van der Waals surface area contributed by atoms with Crippen LogP contribution in [0, 0.1) is 0 Å². The normalized spacial score (nSPS) is 11.2. The monoisotopic (exact) mass is 244 g/mol. The molecule has 0 fully saturated rings. The summed E-state index contributed by atoms with van der Waals surface area (Å²) in [6.45, 7) is 0. The Hall–Kier alpha value is -2.61. The van der Waals surface area contributed by atoms with Crippen molar-refractivity contribution in [3.05, 3.63) is 73.2 Å². The molecule has 0 saturated carbocycles. The maximum atomic E-state index is 4.59. The lowest BCUT2D eigenvalue weighted by Gasteiger charge is -2.07. The van der Waals surface area contributed by atoms with Gasteiger partial charge in [0.05, 0.1) is 11.2 Å². The molecule has 3 aromatic heterocycles. The summed E-state index contributed by atoms with van der Waals surface area (Å²) in [6, 6.07) is 18.8. The van der Waals surface area contributed by atoms with Gasteiger partial charge in [0.1, 0.15) is 0 Å². The number of hydrogen-bond acceptors (Lipinski definition) is 1. The van der Waals surface area contributed by atoms with Crippen LogP contribution in [0.25, 0.3) is 27.5 Å². The Labute approximate surface area is 111 Å². The zero-order valence-corrected chi connectivity index (χ0v) is 10.3. The van der Waals surface area contributed by atoms with Gasteiger partial charge in [0.15, 0.2) is 0 Å². The first-order valence-electron chi connectivity index (χ1n) is 6.33. The van der Waals surface area contributed by atoms with Crippen LogP contribution in [0.15, 0.2) is 73.2 Å². The summed E-state index contributed by atoms with van der Waals surface area (Å²) in [7, 11) is 0. The van der Waals surface area contributed by atoms with Crippen LogP contribution in [0.5, 0.6) is 0 Å². The Bertz CT molecular complexity index is 869. The SMILES string of the molecule is c1ccc2c(-c3cccn4cccc34)nccc2c1. The molecule has 0 bridgehead atoms. The standard InChI is InChI=1S/C17H12N2/c1-2-6-14-13(5-1)9-10-18-17(14)15-7-3-11-19-12-4-8-16(15)19/h1-12H. The van der Waals surface area contributed by atoms with Gasteiger partial charge in [-0.05, 0) is 35.7 Å². The number of nitrogens with zero attached hydrogens (tertiary/aromatic N) is 2. The van der Waals surface area contributed by atoms with E-state index >= 15 is 0 Å². The Morgan fingerprint density at radius 1 is 0.789 bits per heavy atom. The van der Waals surface area contributed by atoms with Crippen LogP contribution in [-0.2, 0) is 0 Å². The highest BCUT2D eigenvalue weighted by atomic mass is 14.9. The second kappa shape index (κ2) is 3.95. The topological polar surface area (TPSA) is 17.3 Å². The van der Waals surface area contributed by atoms with Gasteiger partial charge in [-0.2, -0.15) is 0 Å². The van der Waals surface area contributed by atoms with Gasteiger partial charge in [-0.3, -0.25) is 4.98 Å². The summed E-state index contributed by atoms with van der Waals surface area (Å²) in [6.07, 6.45) is 6.00. The highest BCUT2D eigenvalue weighted by Gasteiger charge is 2.08. The largest absolute Gasteiger partial charge is 0.323 e. The third-order valence-electron chi connectivity index (χ3n) is 3.49. The van der Waals surface area contributed by atoms with E-state index in [1.807, 2.05) is 6.20 Å². The fourth-order valence-corrected chi connectivity index (χ4v) is 2.60. The van der Waals surface area contributed by atoms with E-state index in [9.17, 15) is 0 Å². The highest BCUT2D eigenvalue weighted by Crippen LogP contribution is 2.29. The number of fused-ring (bicyclic) bond motifs is 2. The second-order valence-corrected chi connectivity index (χ2v) is 4.60. The summed E-state index contributed by atoms with van der Waals surface area (Å²) in [5, 5.41) is 2.42. The molecule has 0 spiro atoms. The van der Waals surface area contributed by atoms with E-state index in [1.165, 1.54) is 21.9 Å². The van der Waals surface area contributed by atoms with Crippen molar-refractivity contribution in [1.29, 1.82) is 0 Å². The van der Waals surface area contributed by atoms with Crippen LogP contribution in [0.3, 0.4) is 0 Å². The van der Waals surface area contributed by atoms with Crippen molar-refractivity contribution in [1.82, 2.24) is 9.38 Å². The van der Waals surface area contributed by atoms with Crippen molar-refractivity contribution in [3.8, 4) is 11.3 Å². The van der Waals surface area contributed by atoms with Gasteiger partial charge in [0.2, 0.25) is 0 Å². The average Bonchev–Trinajstić information content (AvgIpc) is 2.95. The molecule has 0 saturated heterocycles. The maximum absolute atomic E-state index is 4.59. The molecule has 2 heteroatoms. The molecule has 4 rings (SSSR count). The van der Waals surface area contributed by atoms with Gasteiger partial charge < -0.3 is 4.40 Å². The summed E-state index contributed by atoms with van der Waals surface area (Å²) in [4.78, 5) is 4.59. The predicted octanol–water partition coefficient (Wildman–Crippen LogP) is 4.15. The Morgan fingerprint density at radius 3 is 2.58 bits per heavy atom. The fourth-order valence-electron chi connectivity index (χ4n) is 2.60. The first kappa shape index (κ1) is 10.3. The molecule has 0 aliphatic carbocycles. The number of rotatable bonds is 1. The zero-order valence-electron chi connectivity index (χ0n) is 10.3. The molecule has 4 aromatic rings. The van der Waals surface area contributed by atoms with Crippen LogP contribution in [0.2, 0.25) is 0 Å². The smallest absolute Gasteiger partial charge is 0.0801 e. The van der Waals surface area contributed by atoms with E-state index in [1.54, 1.807) is 0 Å². The van der Waals surface area contributed by atoms with Gasteiger partial charge in [-0.15, -0.1) is 0 Å². The van der Waals surface area contributed by atoms with Gasteiger partial charge >= 0.3 is 0 Å². The van der Waals surface area contributed by atoms with E-state index < -0.39 is 0 Å². The molecule has 0 aliphatic heterocycles. The molecule has 3 heterocycles. The van der Waals surface area contributed by atoms with Crippen molar-refractivity contribution in [2.45, 2.75) is 0 Å². The summed E-state index contributed by atoms with van der Waals surface area (Å²) >= 11 is 0. The molecule has 0 amide bonds. The molecule has 90 valence electrons. The van der Waals surface area contributed by atoms with Gasteiger partial charge in [0, 0.05) is 29.5 Å². The van der Waals surface area contributed by atoms with Crippen molar-refractivity contribution >= 4 is 16.3 Å². The fraction of sp³-hybridized carbons (Fsp3) is 0. The summed E-state index contributed by atoms with van der Waals surface area (Å²) in [5.74, 6) is 0. The molecule has 0 aliphatic rings. The van der Waals surface area contributed by atoms with Crippen LogP contribution < -0.4 is 0 Å². The van der Waals surface area contributed by atoms with Crippen molar-refractivity contribution < 1.29 is 0 Å².